The molecule has 0 aromatic carbocycles. The molecule has 2 aromatic rings. The van der Waals surface area contributed by atoms with Crippen molar-refractivity contribution in [1.29, 1.82) is 0 Å². The average molecular weight is 346 g/mol. The second-order valence-corrected chi connectivity index (χ2v) is 7.54. The molecule has 0 saturated carbocycles. The molecule has 0 aliphatic carbocycles. The number of aromatic nitrogens is 2. The number of imide groups is 1. The minimum absolute atomic E-state index is 0.0702. The van der Waals surface area contributed by atoms with E-state index in [9.17, 15) is 9.59 Å². The highest BCUT2D eigenvalue weighted by Gasteiger charge is 2.51. The average Bonchev–Trinajstić information content (AvgIpc) is 3.14. The van der Waals surface area contributed by atoms with E-state index in [4.69, 9.17) is 8.94 Å². The first-order chi connectivity index (χ1) is 11.5. The molecule has 3 heterocycles. The molecule has 1 atom stereocenters. The number of nitrogens with zero attached hydrogens (tertiary/aromatic N) is 3. The lowest BCUT2D eigenvalue weighted by atomic mass is 9.92. The van der Waals surface area contributed by atoms with Crippen LogP contribution in [0.3, 0.4) is 0 Å². The lowest BCUT2D eigenvalue weighted by Gasteiger charge is -2.20. The number of urea groups is 1. The Morgan fingerprint density at radius 1 is 1.28 bits per heavy atom. The van der Waals surface area contributed by atoms with E-state index in [0.717, 1.165) is 4.90 Å². The second-order valence-electron chi connectivity index (χ2n) is 7.54. The standard InChI is InChI=1S/C17H22N4O4/c1-9-7-11(10(2)24-9)17(6)14(22)21(15(23)19-17)8-12-18-13(20-25-12)16(3,4)5/h7H,8H2,1-6H3,(H,19,23)/t17-/m0/s1. The summed E-state index contributed by atoms with van der Waals surface area (Å²) in [6, 6.07) is 1.27. The van der Waals surface area contributed by atoms with Crippen LogP contribution in [0.25, 0.3) is 0 Å². The Morgan fingerprint density at radius 2 is 1.96 bits per heavy atom. The number of furan rings is 1. The van der Waals surface area contributed by atoms with Crippen molar-refractivity contribution < 1.29 is 18.5 Å². The summed E-state index contributed by atoms with van der Waals surface area (Å²) in [5.41, 5.74) is -0.808. The van der Waals surface area contributed by atoms with Crippen LogP contribution in [-0.4, -0.2) is 27.0 Å². The first kappa shape index (κ1) is 17.2. The van der Waals surface area contributed by atoms with Crippen molar-refractivity contribution in [2.45, 2.75) is 59.0 Å². The zero-order valence-electron chi connectivity index (χ0n) is 15.3. The smallest absolute Gasteiger partial charge is 0.325 e. The van der Waals surface area contributed by atoms with Gasteiger partial charge in [-0.3, -0.25) is 9.69 Å². The summed E-state index contributed by atoms with van der Waals surface area (Å²) in [5, 5.41) is 6.67. The molecule has 8 heteroatoms. The predicted molar refractivity (Wildman–Crippen MR) is 87.6 cm³/mol. The van der Waals surface area contributed by atoms with E-state index in [1.165, 1.54) is 0 Å². The van der Waals surface area contributed by atoms with Gasteiger partial charge in [0.1, 0.15) is 23.6 Å². The Balaban J connectivity index is 1.87. The van der Waals surface area contributed by atoms with Gasteiger partial charge in [0.25, 0.3) is 5.91 Å². The number of amides is 3. The molecule has 1 fully saturated rings. The summed E-state index contributed by atoms with van der Waals surface area (Å²) in [6.07, 6.45) is 0. The third kappa shape index (κ3) is 2.81. The van der Waals surface area contributed by atoms with E-state index in [2.05, 4.69) is 15.5 Å². The molecule has 134 valence electrons. The predicted octanol–water partition coefficient (Wildman–Crippen LogP) is 2.54. The van der Waals surface area contributed by atoms with Gasteiger partial charge in [0.05, 0.1) is 0 Å². The molecule has 1 aliphatic rings. The van der Waals surface area contributed by atoms with E-state index >= 15 is 0 Å². The maximum Gasteiger partial charge on any atom is 0.325 e. The Kier molecular flexibility index (Phi) is 3.74. The number of aryl methyl sites for hydroxylation is 2. The highest BCUT2D eigenvalue weighted by Crippen LogP contribution is 2.33. The Labute approximate surface area is 145 Å². The summed E-state index contributed by atoms with van der Waals surface area (Å²) in [6.45, 7) is 11.0. The lowest BCUT2D eigenvalue weighted by Crippen LogP contribution is -2.41. The quantitative estimate of drug-likeness (QED) is 0.857. The van der Waals surface area contributed by atoms with E-state index < -0.39 is 11.6 Å². The maximum atomic E-state index is 12.9. The molecule has 1 N–H and O–H groups in total. The number of hydrogen-bond acceptors (Lipinski definition) is 6. The summed E-state index contributed by atoms with van der Waals surface area (Å²) in [7, 11) is 0. The minimum Gasteiger partial charge on any atom is -0.466 e. The molecule has 0 unspecified atom stereocenters. The fraction of sp³-hybridized carbons (Fsp3) is 0.529. The zero-order valence-corrected chi connectivity index (χ0v) is 15.3. The molecule has 8 nitrogen and oxygen atoms in total. The largest absolute Gasteiger partial charge is 0.466 e. The number of carbonyl (C=O) groups excluding carboxylic acids is 2. The normalized spacial score (nSPS) is 21.1. The summed E-state index contributed by atoms with van der Waals surface area (Å²) in [5.74, 6) is 1.65. The topological polar surface area (TPSA) is 101 Å². The fourth-order valence-corrected chi connectivity index (χ4v) is 2.91. The van der Waals surface area contributed by atoms with Crippen molar-refractivity contribution in [2.24, 2.45) is 0 Å². The van der Waals surface area contributed by atoms with Crippen LogP contribution in [0.5, 0.6) is 0 Å². The van der Waals surface area contributed by atoms with Crippen molar-refractivity contribution in [2.75, 3.05) is 0 Å². The van der Waals surface area contributed by atoms with E-state index in [-0.39, 0.29) is 23.8 Å². The molecule has 3 amide bonds. The van der Waals surface area contributed by atoms with Crippen molar-refractivity contribution in [3.8, 4) is 0 Å². The minimum atomic E-state index is -1.17. The molecular weight excluding hydrogens is 324 g/mol. The van der Waals surface area contributed by atoms with Gasteiger partial charge < -0.3 is 14.3 Å². The number of hydrogen-bond donors (Lipinski definition) is 1. The number of carbonyl (C=O) groups is 2. The van der Waals surface area contributed by atoms with Crippen LogP contribution in [0.1, 0.15) is 56.5 Å². The van der Waals surface area contributed by atoms with Crippen LogP contribution in [0, 0.1) is 13.8 Å². The van der Waals surface area contributed by atoms with Crippen molar-refractivity contribution in [3.63, 3.8) is 0 Å². The van der Waals surface area contributed by atoms with Crippen LogP contribution < -0.4 is 5.32 Å². The zero-order chi connectivity index (χ0) is 18.6. The van der Waals surface area contributed by atoms with Gasteiger partial charge in [-0.05, 0) is 26.8 Å². The molecule has 0 spiro atoms. The second kappa shape index (κ2) is 5.44. The van der Waals surface area contributed by atoms with Gasteiger partial charge in [0.2, 0.25) is 5.89 Å². The summed E-state index contributed by atoms with van der Waals surface area (Å²) < 4.78 is 10.7. The highest BCUT2D eigenvalue weighted by molar-refractivity contribution is 6.07. The van der Waals surface area contributed by atoms with Crippen LogP contribution in [0.15, 0.2) is 15.0 Å². The van der Waals surface area contributed by atoms with E-state index in [1.807, 2.05) is 20.8 Å². The van der Waals surface area contributed by atoms with Gasteiger partial charge in [0, 0.05) is 11.0 Å². The van der Waals surface area contributed by atoms with Crippen molar-refractivity contribution >= 4 is 11.9 Å². The van der Waals surface area contributed by atoms with Gasteiger partial charge in [-0.2, -0.15) is 4.98 Å². The van der Waals surface area contributed by atoms with Gasteiger partial charge in [-0.1, -0.05) is 25.9 Å². The molecule has 1 aliphatic heterocycles. The Morgan fingerprint density at radius 3 is 2.48 bits per heavy atom. The van der Waals surface area contributed by atoms with Gasteiger partial charge >= 0.3 is 6.03 Å². The monoisotopic (exact) mass is 346 g/mol. The molecule has 25 heavy (non-hydrogen) atoms. The fourth-order valence-electron chi connectivity index (χ4n) is 2.91. The van der Waals surface area contributed by atoms with E-state index in [1.54, 1.807) is 26.8 Å². The molecule has 1 saturated heterocycles. The molecular formula is C17H22N4O4. The lowest BCUT2D eigenvalue weighted by molar-refractivity contribution is -0.131. The van der Waals surface area contributed by atoms with Gasteiger partial charge in [-0.25, -0.2) is 4.79 Å². The van der Waals surface area contributed by atoms with Gasteiger partial charge in [-0.15, -0.1) is 0 Å². The maximum absolute atomic E-state index is 12.9. The van der Waals surface area contributed by atoms with Crippen molar-refractivity contribution in [1.82, 2.24) is 20.4 Å². The molecule has 3 rings (SSSR count). The third-order valence-electron chi connectivity index (χ3n) is 4.29. The molecule has 0 radical (unpaired) electrons. The van der Waals surface area contributed by atoms with Crippen molar-refractivity contribution in [3.05, 3.63) is 34.9 Å². The van der Waals surface area contributed by atoms with Gasteiger partial charge in [0.15, 0.2) is 5.82 Å². The van der Waals surface area contributed by atoms with Crippen LogP contribution in [-0.2, 0) is 22.3 Å². The molecule has 2 aromatic heterocycles. The van der Waals surface area contributed by atoms with Crippen LogP contribution in [0.2, 0.25) is 0 Å². The highest BCUT2D eigenvalue weighted by atomic mass is 16.5. The SMILES string of the molecule is Cc1cc([C@]2(C)NC(=O)N(Cc3nc(C(C)(C)C)no3)C2=O)c(C)o1. The first-order valence-corrected chi connectivity index (χ1v) is 8.07. The number of nitrogens with one attached hydrogen (secondary N) is 1. The molecule has 0 bridgehead atoms. The Hall–Kier alpha value is -2.64. The van der Waals surface area contributed by atoms with Crippen LogP contribution in [0.4, 0.5) is 4.79 Å². The summed E-state index contributed by atoms with van der Waals surface area (Å²) >= 11 is 0. The first-order valence-electron chi connectivity index (χ1n) is 8.07. The Bertz CT molecular complexity index is 845. The number of rotatable bonds is 3. The third-order valence-corrected chi connectivity index (χ3v) is 4.29. The summed E-state index contributed by atoms with van der Waals surface area (Å²) in [4.78, 5) is 30.7. The van der Waals surface area contributed by atoms with Crippen LogP contribution >= 0.6 is 0 Å². The van der Waals surface area contributed by atoms with E-state index in [0.29, 0.717) is 22.9 Å².